The Bertz CT molecular complexity index is 982. The van der Waals surface area contributed by atoms with Gasteiger partial charge in [-0.05, 0) is 24.6 Å². The third-order valence-electron chi connectivity index (χ3n) is 5.32. The van der Waals surface area contributed by atoms with Crippen LogP contribution in [0.4, 0.5) is 0 Å². The highest BCUT2D eigenvalue weighted by atomic mass is 16.2. The normalized spacial score (nSPS) is 18.7. The molecule has 0 aliphatic carbocycles. The van der Waals surface area contributed by atoms with Gasteiger partial charge in [0.15, 0.2) is 0 Å². The molecule has 0 bridgehead atoms. The highest BCUT2D eigenvalue weighted by Crippen LogP contribution is 2.26. The minimum Gasteiger partial charge on any atom is -0.352 e. The van der Waals surface area contributed by atoms with E-state index in [4.69, 9.17) is 0 Å². The molecule has 0 saturated carbocycles. The van der Waals surface area contributed by atoms with Crippen LogP contribution in [0.3, 0.4) is 0 Å². The lowest BCUT2D eigenvalue weighted by atomic mass is 10.00. The molecule has 0 spiro atoms. The largest absolute Gasteiger partial charge is 0.352 e. The van der Waals surface area contributed by atoms with Crippen LogP contribution in [-0.2, 0) is 9.59 Å². The van der Waals surface area contributed by atoms with Crippen LogP contribution in [-0.4, -0.2) is 53.1 Å². The van der Waals surface area contributed by atoms with Crippen LogP contribution >= 0.6 is 0 Å². The maximum atomic E-state index is 13.0. The molecule has 1 saturated heterocycles. The first-order valence-corrected chi connectivity index (χ1v) is 9.56. The summed E-state index contributed by atoms with van der Waals surface area (Å²) in [7, 11) is 0. The van der Waals surface area contributed by atoms with Gasteiger partial charge >= 0.3 is 0 Å². The summed E-state index contributed by atoms with van der Waals surface area (Å²) in [5, 5.41) is 2.81. The number of nitrogens with one attached hydrogen (secondary N) is 1. The molecule has 2 aromatic rings. The van der Waals surface area contributed by atoms with Gasteiger partial charge in [0, 0.05) is 26.1 Å². The maximum absolute atomic E-state index is 13.0. The molecule has 2 aliphatic rings. The average molecular weight is 391 g/mol. The highest BCUT2D eigenvalue weighted by molar-refractivity contribution is 6.21. The third-order valence-corrected chi connectivity index (χ3v) is 5.32. The van der Waals surface area contributed by atoms with Gasteiger partial charge in [-0.15, -0.1) is 0 Å². The van der Waals surface area contributed by atoms with Crippen molar-refractivity contribution in [1.82, 2.24) is 15.1 Å². The number of carbonyl (C=O) groups excluding carboxylic acids is 4. The van der Waals surface area contributed by atoms with Crippen molar-refractivity contribution < 1.29 is 19.2 Å². The number of piperazine rings is 1. The molecule has 1 N–H and O–H groups in total. The fraction of sp³-hybridized carbons (Fsp3) is 0.273. The topological polar surface area (TPSA) is 86.8 Å². The molecule has 1 unspecified atom stereocenters. The van der Waals surface area contributed by atoms with E-state index in [0.717, 1.165) is 16.0 Å². The molecule has 7 nitrogen and oxygen atoms in total. The third kappa shape index (κ3) is 3.40. The Morgan fingerprint density at radius 1 is 1.03 bits per heavy atom. The molecule has 29 heavy (non-hydrogen) atoms. The molecule has 4 amide bonds. The number of benzene rings is 2. The van der Waals surface area contributed by atoms with E-state index in [1.54, 1.807) is 24.3 Å². The lowest BCUT2D eigenvalue weighted by molar-refractivity contribution is -0.143. The molecule has 148 valence electrons. The van der Waals surface area contributed by atoms with Crippen molar-refractivity contribution in [3.63, 3.8) is 0 Å². The van der Waals surface area contributed by atoms with Crippen molar-refractivity contribution >= 4 is 23.6 Å². The fourth-order valence-corrected chi connectivity index (χ4v) is 3.90. The number of carbonyl (C=O) groups is 4. The van der Waals surface area contributed by atoms with Gasteiger partial charge in [0.25, 0.3) is 11.8 Å². The Labute approximate surface area is 168 Å². The SMILES string of the molecule is Cc1cccc(C2C(=O)NCCN2C(=O)CCN2C(=O)c3ccccc3C2=O)c1. The van der Waals surface area contributed by atoms with E-state index in [-0.39, 0.29) is 36.6 Å². The molecule has 2 heterocycles. The number of aryl methyl sites for hydroxylation is 1. The molecular weight excluding hydrogens is 370 g/mol. The van der Waals surface area contributed by atoms with Crippen molar-refractivity contribution in [2.24, 2.45) is 0 Å². The summed E-state index contributed by atoms with van der Waals surface area (Å²) in [6.07, 6.45) is -0.0267. The second kappa shape index (κ2) is 7.50. The van der Waals surface area contributed by atoms with E-state index in [9.17, 15) is 19.2 Å². The lowest BCUT2D eigenvalue weighted by Crippen LogP contribution is -2.52. The van der Waals surface area contributed by atoms with Crippen LogP contribution in [0.25, 0.3) is 0 Å². The Balaban J connectivity index is 1.49. The van der Waals surface area contributed by atoms with Crippen LogP contribution in [0.2, 0.25) is 0 Å². The van der Waals surface area contributed by atoms with Crippen LogP contribution in [0, 0.1) is 6.92 Å². The smallest absolute Gasteiger partial charge is 0.261 e. The van der Waals surface area contributed by atoms with E-state index in [1.165, 1.54) is 4.90 Å². The fourth-order valence-electron chi connectivity index (χ4n) is 3.90. The quantitative estimate of drug-likeness (QED) is 0.804. The number of nitrogens with zero attached hydrogens (tertiary/aromatic N) is 2. The predicted octanol–water partition coefficient (Wildman–Crippen LogP) is 1.68. The van der Waals surface area contributed by atoms with Gasteiger partial charge in [-0.1, -0.05) is 42.0 Å². The molecular formula is C22H21N3O4. The lowest BCUT2D eigenvalue weighted by Gasteiger charge is -2.35. The minimum absolute atomic E-state index is 0.0101. The molecule has 0 aromatic heterocycles. The van der Waals surface area contributed by atoms with Gasteiger partial charge in [0.2, 0.25) is 11.8 Å². The van der Waals surface area contributed by atoms with E-state index >= 15 is 0 Å². The Morgan fingerprint density at radius 2 is 1.72 bits per heavy atom. The van der Waals surface area contributed by atoms with Crippen molar-refractivity contribution in [3.8, 4) is 0 Å². The second-order valence-electron chi connectivity index (χ2n) is 7.25. The van der Waals surface area contributed by atoms with Gasteiger partial charge in [0.1, 0.15) is 6.04 Å². The zero-order chi connectivity index (χ0) is 20.5. The number of imide groups is 1. The molecule has 2 aromatic carbocycles. The second-order valence-corrected chi connectivity index (χ2v) is 7.25. The number of fused-ring (bicyclic) bond motifs is 1. The first-order chi connectivity index (χ1) is 14.0. The van der Waals surface area contributed by atoms with Crippen LogP contribution in [0.1, 0.15) is 44.3 Å². The zero-order valence-corrected chi connectivity index (χ0v) is 16.1. The summed E-state index contributed by atoms with van der Waals surface area (Å²) in [6.45, 7) is 2.67. The summed E-state index contributed by atoms with van der Waals surface area (Å²) >= 11 is 0. The van der Waals surface area contributed by atoms with E-state index in [1.807, 2.05) is 31.2 Å². The molecule has 2 aliphatic heterocycles. The molecule has 0 radical (unpaired) electrons. The Hall–Kier alpha value is -3.48. The summed E-state index contributed by atoms with van der Waals surface area (Å²) in [5.74, 6) is -1.26. The molecule has 1 atom stereocenters. The van der Waals surface area contributed by atoms with Gasteiger partial charge in [-0.3, -0.25) is 24.1 Å². The average Bonchev–Trinajstić information content (AvgIpc) is 2.96. The van der Waals surface area contributed by atoms with E-state index < -0.39 is 6.04 Å². The number of hydrogen-bond donors (Lipinski definition) is 1. The first kappa shape index (κ1) is 18.9. The Morgan fingerprint density at radius 3 is 2.38 bits per heavy atom. The number of hydrogen-bond acceptors (Lipinski definition) is 4. The van der Waals surface area contributed by atoms with Crippen molar-refractivity contribution in [2.45, 2.75) is 19.4 Å². The molecule has 1 fully saturated rings. The van der Waals surface area contributed by atoms with Gasteiger partial charge in [-0.25, -0.2) is 0 Å². The van der Waals surface area contributed by atoms with Gasteiger partial charge in [-0.2, -0.15) is 0 Å². The van der Waals surface area contributed by atoms with Gasteiger partial charge < -0.3 is 10.2 Å². The van der Waals surface area contributed by atoms with Crippen molar-refractivity contribution in [3.05, 3.63) is 70.8 Å². The summed E-state index contributed by atoms with van der Waals surface area (Å²) in [6, 6.07) is 13.4. The van der Waals surface area contributed by atoms with E-state index in [0.29, 0.717) is 24.2 Å². The summed E-state index contributed by atoms with van der Waals surface area (Å²) in [4.78, 5) is 53.1. The highest BCUT2D eigenvalue weighted by Gasteiger charge is 2.37. The molecule has 7 heteroatoms. The van der Waals surface area contributed by atoms with Crippen molar-refractivity contribution in [1.29, 1.82) is 0 Å². The van der Waals surface area contributed by atoms with Crippen LogP contribution in [0.5, 0.6) is 0 Å². The number of rotatable bonds is 4. The minimum atomic E-state index is -0.710. The monoisotopic (exact) mass is 391 g/mol. The summed E-state index contributed by atoms with van der Waals surface area (Å²) in [5.41, 5.74) is 2.47. The van der Waals surface area contributed by atoms with Crippen LogP contribution in [0.15, 0.2) is 48.5 Å². The maximum Gasteiger partial charge on any atom is 0.261 e. The number of amides is 4. The van der Waals surface area contributed by atoms with Crippen LogP contribution < -0.4 is 5.32 Å². The van der Waals surface area contributed by atoms with Crippen molar-refractivity contribution in [2.75, 3.05) is 19.6 Å². The Kier molecular flexibility index (Phi) is 4.88. The standard InChI is InChI=1S/C22H21N3O4/c1-14-5-4-6-15(13-14)19-20(27)23-10-12-24(19)18(26)9-11-25-21(28)16-7-2-3-8-17(16)22(25)29/h2-8,13,19H,9-12H2,1H3,(H,23,27). The van der Waals surface area contributed by atoms with Gasteiger partial charge in [0.05, 0.1) is 11.1 Å². The summed E-state index contributed by atoms with van der Waals surface area (Å²) < 4.78 is 0. The molecule has 4 rings (SSSR count). The predicted molar refractivity (Wildman–Crippen MR) is 105 cm³/mol. The zero-order valence-electron chi connectivity index (χ0n) is 16.1. The van der Waals surface area contributed by atoms with E-state index in [2.05, 4.69) is 5.32 Å². The first-order valence-electron chi connectivity index (χ1n) is 9.56.